The normalized spacial score (nSPS) is 14.5. The third-order valence-corrected chi connectivity index (χ3v) is 4.29. The lowest BCUT2D eigenvalue weighted by atomic mass is 9.99. The molecule has 0 saturated carbocycles. The summed E-state index contributed by atoms with van der Waals surface area (Å²) < 4.78 is 0. The van der Waals surface area contributed by atoms with Gasteiger partial charge in [-0.15, -0.1) is 0 Å². The second kappa shape index (κ2) is 4.78. The van der Waals surface area contributed by atoms with Crippen LogP contribution in [0.2, 0.25) is 5.02 Å². The summed E-state index contributed by atoms with van der Waals surface area (Å²) in [6.07, 6.45) is 0. The molecule has 0 saturated heterocycles. The average molecular weight is 311 g/mol. The quantitative estimate of drug-likeness (QED) is 0.723. The number of rotatable bonds is 1. The predicted octanol–water partition coefficient (Wildman–Crippen LogP) is 3.49. The summed E-state index contributed by atoms with van der Waals surface area (Å²) in [4.78, 5) is 10.2. The fourth-order valence-corrected chi connectivity index (χ4v) is 3.10. The van der Waals surface area contributed by atoms with E-state index >= 15 is 0 Å². The Bertz CT molecular complexity index is 877. The van der Waals surface area contributed by atoms with Crippen molar-refractivity contribution in [3.8, 4) is 0 Å². The van der Waals surface area contributed by atoms with E-state index in [1.807, 2.05) is 49.5 Å². The molecule has 0 aliphatic carbocycles. The second-order valence-electron chi connectivity index (χ2n) is 5.51. The van der Waals surface area contributed by atoms with Crippen molar-refractivity contribution in [3.05, 3.63) is 58.9 Å². The van der Waals surface area contributed by atoms with Gasteiger partial charge in [0.05, 0.1) is 11.0 Å². The van der Waals surface area contributed by atoms with Gasteiger partial charge in [0.15, 0.2) is 0 Å². The summed E-state index contributed by atoms with van der Waals surface area (Å²) in [6.45, 7) is 0.709. The molecule has 0 bridgehead atoms. The van der Waals surface area contributed by atoms with E-state index < -0.39 is 0 Å². The van der Waals surface area contributed by atoms with Crippen LogP contribution in [0.3, 0.4) is 0 Å². The smallest absolute Gasteiger partial charge is 0.138 e. The van der Waals surface area contributed by atoms with Gasteiger partial charge in [0.1, 0.15) is 5.82 Å². The molecule has 0 radical (unpaired) electrons. The molecule has 4 nitrogen and oxygen atoms in total. The minimum absolute atomic E-state index is 0.681. The van der Waals surface area contributed by atoms with Gasteiger partial charge in [0.2, 0.25) is 0 Å². The number of halogens is 1. The van der Waals surface area contributed by atoms with Crippen molar-refractivity contribution in [2.24, 2.45) is 5.73 Å². The van der Waals surface area contributed by atoms with Gasteiger partial charge in [-0.1, -0.05) is 23.7 Å². The van der Waals surface area contributed by atoms with Crippen molar-refractivity contribution in [2.45, 2.75) is 0 Å². The standard InChI is InChI=1S/C17H15ClN4/c1-22-9-12(16(19)11-8-10(18)6-7-15(11)22)17-20-13-4-2-3-5-14(13)21-17/h2-8H,9,19H2,1H3,(H,20,21). The van der Waals surface area contributed by atoms with Crippen molar-refractivity contribution in [3.63, 3.8) is 0 Å². The van der Waals surface area contributed by atoms with Crippen molar-refractivity contribution in [1.82, 2.24) is 9.97 Å². The van der Waals surface area contributed by atoms with E-state index in [0.717, 1.165) is 39.4 Å². The molecule has 0 atom stereocenters. The summed E-state index contributed by atoms with van der Waals surface area (Å²) in [5.74, 6) is 0.816. The average Bonchev–Trinajstić information content (AvgIpc) is 2.94. The molecular weight excluding hydrogens is 296 g/mol. The molecule has 3 aromatic rings. The van der Waals surface area contributed by atoms with Crippen LogP contribution in [-0.2, 0) is 0 Å². The van der Waals surface area contributed by atoms with E-state index in [1.165, 1.54) is 0 Å². The second-order valence-corrected chi connectivity index (χ2v) is 5.95. The molecule has 110 valence electrons. The molecule has 2 aromatic carbocycles. The van der Waals surface area contributed by atoms with E-state index in [9.17, 15) is 0 Å². The van der Waals surface area contributed by atoms with E-state index in [-0.39, 0.29) is 0 Å². The zero-order chi connectivity index (χ0) is 15.3. The van der Waals surface area contributed by atoms with Crippen LogP contribution in [0, 0.1) is 0 Å². The van der Waals surface area contributed by atoms with Crippen LogP contribution in [0.4, 0.5) is 5.69 Å². The number of likely N-dealkylation sites (N-methyl/N-ethyl adjacent to an activating group) is 1. The topological polar surface area (TPSA) is 57.9 Å². The summed E-state index contributed by atoms with van der Waals surface area (Å²) in [5, 5.41) is 0.681. The molecule has 0 unspecified atom stereocenters. The zero-order valence-corrected chi connectivity index (χ0v) is 12.9. The highest BCUT2D eigenvalue weighted by molar-refractivity contribution is 6.31. The number of aromatic amines is 1. The number of nitrogens with two attached hydrogens (primary N) is 1. The van der Waals surface area contributed by atoms with Gasteiger partial charge in [0, 0.05) is 41.1 Å². The lowest BCUT2D eigenvalue weighted by Gasteiger charge is -2.29. The lowest BCUT2D eigenvalue weighted by Crippen LogP contribution is -2.27. The fourth-order valence-electron chi connectivity index (χ4n) is 2.93. The van der Waals surface area contributed by atoms with Gasteiger partial charge < -0.3 is 15.6 Å². The molecule has 0 spiro atoms. The number of nitrogens with one attached hydrogen (secondary N) is 1. The van der Waals surface area contributed by atoms with Crippen molar-refractivity contribution in [1.29, 1.82) is 0 Å². The highest BCUT2D eigenvalue weighted by atomic mass is 35.5. The molecule has 22 heavy (non-hydrogen) atoms. The number of imidazole rings is 1. The number of aromatic nitrogens is 2. The number of para-hydroxylation sites is 2. The molecule has 4 rings (SSSR count). The Morgan fingerprint density at radius 3 is 2.86 bits per heavy atom. The van der Waals surface area contributed by atoms with Crippen LogP contribution in [0.25, 0.3) is 22.3 Å². The van der Waals surface area contributed by atoms with Crippen LogP contribution < -0.4 is 10.6 Å². The van der Waals surface area contributed by atoms with Gasteiger partial charge in [0.25, 0.3) is 0 Å². The molecule has 3 N–H and O–H groups in total. The number of fused-ring (bicyclic) bond motifs is 2. The summed E-state index contributed by atoms with van der Waals surface area (Å²) >= 11 is 6.13. The first-order valence-electron chi connectivity index (χ1n) is 7.08. The van der Waals surface area contributed by atoms with Gasteiger partial charge >= 0.3 is 0 Å². The molecule has 1 aliphatic rings. The van der Waals surface area contributed by atoms with E-state index in [2.05, 4.69) is 14.9 Å². The molecule has 0 fully saturated rings. The Hall–Kier alpha value is -2.46. The Kier molecular flexibility index (Phi) is 2.87. The van der Waals surface area contributed by atoms with E-state index in [0.29, 0.717) is 11.6 Å². The molecule has 0 amide bonds. The highest BCUT2D eigenvalue weighted by Crippen LogP contribution is 2.36. The minimum atomic E-state index is 0.681. The number of H-pyrrole nitrogens is 1. The first-order valence-corrected chi connectivity index (χ1v) is 7.46. The lowest BCUT2D eigenvalue weighted by molar-refractivity contribution is 1.01. The maximum absolute atomic E-state index is 6.41. The number of hydrogen-bond donors (Lipinski definition) is 2. The Morgan fingerprint density at radius 1 is 1.23 bits per heavy atom. The number of hydrogen-bond acceptors (Lipinski definition) is 3. The third-order valence-electron chi connectivity index (χ3n) is 4.06. The van der Waals surface area contributed by atoms with E-state index in [4.69, 9.17) is 17.3 Å². The Morgan fingerprint density at radius 2 is 2.05 bits per heavy atom. The maximum atomic E-state index is 6.41. The van der Waals surface area contributed by atoms with Gasteiger partial charge in [-0.3, -0.25) is 0 Å². The Labute approximate surface area is 133 Å². The van der Waals surface area contributed by atoms with Crippen molar-refractivity contribution < 1.29 is 0 Å². The fraction of sp³-hybridized carbons (Fsp3) is 0.118. The Balaban J connectivity index is 1.92. The van der Waals surface area contributed by atoms with Crippen LogP contribution >= 0.6 is 11.6 Å². The molecule has 1 aromatic heterocycles. The van der Waals surface area contributed by atoms with Gasteiger partial charge in [-0.25, -0.2) is 4.98 Å². The molecule has 5 heteroatoms. The number of nitrogens with zero attached hydrogens (tertiary/aromatic N) is 2. The first-order chi connectivity index (χ1) is 10.6. The molecule has 1 aliphatic heterocycles. The number of anilines is 1. The zero-order valence-electron chi connectivity index (χ0n) is 12.1. The SMILES string of the molecule is CN1CC(c2nc3ccccc3[nH]2)=C(N)c2cc(Cl)ccc21. The number of benzene rings is 2. The summed E-state index contributed by atoms with van der Waals surface area (Å²) in [5.41, 5.74) is 12.1. The third kappa shape index (κ3) is 1.96. The van der Waals surface area contributed by atoms with Crippen LogP contribution in [-0.4, -0.2) is 23.6 Å². The summed E-state index contributed by atoms with van der Waals surface area (Å²) in [6, 6.07) is 13.8. The predicted molar refractivity (Wildman–Crippen MR) is 91.8 cm³/mol. The van der Waals surface area contributed by atoms with Crippen LogP contribution in [0.1, 0.15) is 11.4 Å². The first kappa shape index (κ1) is 13.2. The van der Waals surface area contributed by atoms with E-state index in [1.54, 1.807) is 0 Å². The molecular formula is C17H15ClN4. The maximum Gasteiger partial charge on any atom is 0.138 e. The minimum Gasteiger partial charge on any atom is -0.398 e. The van der Waals surface area contributed by atoms with Crippen LogP contribution in [0.5, 0.6) is 0 Å². The van der Waals surface area contributed by atoms with Crippen molar-refractivity contribution >= 4 is 39.6 Å². The summed E-state index contributed by atoms with van der Waals surface area (Å²) in [7, 11) is 2.04. The van der Waals surface area contributed by atoms with Crippen LogP contribution in [0.15, 0.2) is 42.5 Å². The molecule has 2 heterocycles. The largest absolute Gasteiger partial charge is 0.398 e. The van der Waals surface area contributed by atoms with Crippen molar-refractivity contribution in [2.75, 3.05) is 18.5 Å². The van der Waals surface area contributed by atoms with Gasteiger partial charge in [-0.05, 0) is 30.3 Å². The van der Waals surface area contributed by atoms with Gasteiger partial charge in [-0.2, -0.15) is 0 Å². The highest BCUT2D eigenvalue weighted by Gasteiger charge is 2.23. The monoisotopic (exact) mass is 310 g/mol.